The Bertz CT molecular complexity index is 403. The van der Waals surface area contributed by atoms with Gasteiger partial charge in [-0.1, -0.05) is 118 Å². The van der Waals surface area contributed by atoms with Gasteiger partial charge in [0.15, 0.2) is 0 Å². The normalized spacial score (nSPS) is 21.2. The van der Waals surface area contributed by atoms with Crippen LogP contribution in [0.1, 0.15) is 150 Å². The Morgan fingerprint density at radius 3 is 1.66 bits per heavy atom. The first-order valence-corrected chi connectivity index (χ1v) is 13.2. The van der Waals surface area contributed by atoms with Gasteiger partial charge in [0.1, 0.15) is 0 Å². The predicted molar refractivity (Wildman–Crippen MR) is 128 cm³/mol. The van der Waals surface area contributed by atoms with E-state index >= 15 is 0 Å². The molecule has 2 atom stereocenters. The third kappa shape index (κ3) is 15.0. The van der Waals surface area contributed by atoms with Gasteiger partial charge in [-0.05, 0) is 37.0 Å². The summed E-state index contributed by atoms with van der Waals surface area (Å²) in [6.07, 6.45) is 24.9. The predicted octanol–water partition coefficient (Wildman–Crippen LogP) is 8.58. The Hall–Kier alpha value is -0.530. The van der Waals surface area contributed by atoms with Gasteiger partial charge in [0.2, 0.25) is 5.91 Å². The molecular formula is C27H53NO. The van der Waals surface area contributed by atoms with Crippen LogP contribution in [-0.4, -0.2) is 11.9 Å². The molecule has 0 unspecified atom stereocenters. The molecule has 0 aromatic rings. The Labute approximate surface area is 183 Å². The van der Waals surface area contributed by atoms with E-state index in [1.165, 1.54) is 96.3 Å². The van der Waals surface area contributed by atoms with Gasteiger partial charge in [-0.2, -0.15) is 0 Å². The summed E-state index contributed by atoms with van der Waals surface area (Å²) in [5.41, 5.74) is 0.379. The van der Waals surface area contributed by atoms with Gasteiger partial charge in [-0.25, -0.2) is 0 Å². The number of unbranched alkanes of at least 4 members (excludes halogenated alkanes) is 14. The highest BCUT2D eigenvalue weighted by atomic mass is 16.1. The van der Waals surface area contributed by atoms with Crippen molar-refractivity contribution in [3.8, 4) is 0 Å². The van der Waals surface area contributed by atoms with Crippen LogP contribution in [-0.2, 0) is 4.79 Å². The summed E-state index contributed by atoms with van der Waals surface area (Å²) in [6.45, 7) is 9.30. The van der Waals surface area contributed by atoms with Gasteiger partial charge in [0, 0.05) is 12.5 Å². The Morgan fingerprint density at radius 2 is 1.21 bits per heavy atom. The molecule has 1 amide bonds. The average Bonchev–Trinajstić information content (AvgIpc) is 2.63. The van der Waals surface area contributed by atoms with Crippen LogP contribution >= 0.6 is 0 Å². The minimum Gasteiger partial charge on any atom is -0.353 e. The van der Waals surface area contributed by atoms with E-state index in [0.29, 0.717) is 11.5 Å². The number of amides is 1. The maximum Gasteiger partial charge on any atom is 0.220 e. The molecule has 0 heterocycles. The minimum absolute atomic E-state index is 0.287. The summed E-state index contributed by atoms with van der Waals surface area (Å²) in [7, 11) is 0. The van der Waals surface area contributed by atoms with E-state index in [1.807, 2.05) is 0 Å². The van der Waals surface area contributed by atoms with Crippen LogP contribution < -0.4 is 5.32 Å². The average molecular weight is 408 g/mol. The first kappa shape index (κ1) is 26.5. The molecule has 2 nitrogen and oxygen atoms in total. The molecule has 1 N–H and O–H groups in total. The largest absolute Gasteiger partial charge is 0.353 e. The van der Waals surface area contributed by atoms with Gasteiger partial charge in [-0.15, -0.1) is 0 Å². The molecule has 1 aliphatic rings. The molecule has 0 radical (unpaired) electrons. The van der Waals surface area contributed by atoms with E-state index in [4.69, 9.17) is 0 Å². The van der Waals surface area contributed by atoms with Gasteiger partial charge in [0.25, 0.3) is 0 Å². The van der Waals surface area contributed by atoms with Crippen molar-refractivity contribution in [1.82, 2.24) is 5.32 Å². The van der Waals surface area contributed by atoms with E-state index in [0.717, 1.165) is 31.6 Å². The van der Waals surface area contributed by atoms with Crippen LogP contribution in [0, 0.1) is 11.3 Å². The molecule has 1 saturated carbocycles. The molecule has 1 fully saturated rings. The number of hydrogen-bond acceptors (Lipinski definition) is 1. The molecule has 2 heteroatoms. The fourth-order valence-electron chi connectivity index (χ4n) is 5.41. The van der Waals surface area contributed by atoms with E-state index in [1.54, 1.807) is 0 Å². The molecule has 0 aromatic carbocycles. The quantitative estimate of drug-likeness (QED) is 0.240. The van der Waals surface area contributed by atoms with Crippen LogP contribution in [0.2, 0.25) is 0 Å². The molecule has 0 aliphatic heterocycles. The molecule has 1 aliphatic carbocycles. The Balaban J connectivity index is 1.85. The summed E-state index contributed by atoms with van der Waals surface area (Å²) >= 11 is 0. The maximum atomic E-state index is 12.3. The SMILES string of the molecule is CCCCCCCCCCCCCCCCCC(=O)N[C@@H]1C[C@@H](C)CC(C)(C)C1. The number of hydrogen-bond donors (Lipinski definition) is 1. The topological polar surface area (TPSA) is 29.1 Å². The molecular weight excluding hydrogens is 354 g/mol. The van der Waals surface area contributed by atoms with Crippen LogP contribution in [0.25, 0.3) is 0 Å². The Kier molecular flexibility index (Phi) is 14.8. The van der Waals surface area contributed by atoms with Crippen molar-refractivity contribution >= 4 is 5.91 Å². The Morgan fingerprint density at radius 1 is 0.759 bits per heavy atom. The number of carbonyl (C=O) groups is 1. The van der Waals surface area contributed by atoms with E-state index in [9.17, 15) is 4.79 Å². The molecule has 0 bridgehead atoms. The molecule has 1 rings (SSSR count). The van der Waals surface area contributed by atoms with E-state index in [-0.39, 0.29) is 5.91 Å². The molecule has 172 valence electrons. The van der Waals surface area contributed by atoms with Crippen LogP contribution in [0.15, 0.2) is 0 Å². The first-order valence-electron chi connectivity index (χ1n) is 13.2. The molecule has 0 spiro atoms. The lowest BCUT2D eigenvalue weighted by atomic mass is 9.70. The fourth-order valence-corrected chi connectivity index (χ4v) is 5.41. The van der Waals surface area contributed by atoms with Crippen molar-refractivity contribution in [2.24, 2.45) is 11.3 Å². The van der Waals surface area contributed by atoms with Gasteiger partial charge in [0.05, 0.1) is 0 Å². The minimum atomic E-state index is 0.287. The lowest BCUT2D eigenvalue weighted by Gasteiger charge is -2.39. The summed E-state index contributed by atoms with van der Waals surface area (Å²) in [5, 5.41) is 3.32. The zero-order valence-corrected chi connectivity index (χ0v) is 20.5. The van der Waals surface area contributed by atoms with Crippen molar-refractivity contribution in [3.05, 3.63) is 0 Å². The third-order valence-electron chi connectivity index (χ3n) is 6.76. The number of carbonyl (C=O) groups excluding carboxylic acids is 1. The smallest absolute Gasteiger partial charge is 0.220 e. The zero-order valence-electron chi connectivity index (χ0n) is 20.5. The van der Waals surface area contributed by atoms with E-state index < -0.39 is 0 Å². The number of rotatable bonds is 17. The first-order chi connectivity index (χ1) is 13.9. The highest BCUT2D eigenvalue weighted by Crippen LogP contribution is 2.38. The van der Waals surface area contributed by atoms with Crippen LogP contribution in [0.3, 0.4) is 0 Å². The van der Waals surface area contributed by atoms with Crippen molar-refractivity contribution in [2.75, 3.05) is 0 Å². The van der Waals surface area contributed by atoms with Crippen molar-refractivity contribution in [1.29, 1.82) is 0 Å². The molecule has 0 aromatic heterocycles. The highest BCUT2D eigenvalue weighted by Gasteiger charge is 2.32. The van der Waals surface area contributed by atoms with Gasteiger partial charge >= 0.3 is 0 Å². The number of nitrogens with one attached hydrogen (secondary N) is 1. The third-order valence-corrected chi connectivity index (χ3v) is 6.76. The van der Waals surface area contributed by atoms with Crippen molar-refractivity contribution in [3.63, 3.8) is 0 Å². The fraction of sp³-hybridized carbons (Fsp3) is 0.963. The summed E-state index contributed by atoms with van der Waals surface area (Å²) in [4.78, 5) is 12.3. The van der Waals surface area contributed by atoms with Gasteiger partial charge in [-0.3, -0.25) is 4.79 Å². The highest BCUT2D eigenvalue weighted by molar-refractivity contribution is 5.76. The van der Waals surface area contributed by atoms with Gasteiger partial charge < -0.3 is 5.32 Å². The standard InChI is InChI=1S/C27H53NO/c1-5-6-7-8-9-10-11-12-13-14-15-16-17-18-19-20-26(29)28-25-21-24(2)22-27(3,4)23-25/h24-25H,5-23H2,1-4H3,(H,28,29)/t24-,25-/m1/s1. The second-order valence-corrected chi connectivity index (χ2v) is 10.9. The second-order valence-electron chi connectivity index (χ2n) is 10.9. The summed E-state index contributed by atoms with van der Waals surface area (Å²) in [5.74, 6) is 1.02. The lowest BCUT2D eigenvalue weighted by molar-refractivity contribution is -0.122. The molecule has 29 heavy (non-hydrogen) atoms. The monoisotopic (exact) mass is 407 g/mol. The zero-order chi connectivity index (χ0) is 21.4. The van der Waals surface area contributed by atoms with Crippen molar-refractivity contribution in [2.45, 2.75) is 156 Å². The second kappa shape index (κ2) is 16.2. The summed E-state index contributed by atoms with van der Waals surface area (Å²) in [6, 6.07) is 0.401. The van der Waals surface area contributed by atoms with Crippen LogP contribution in [0.5, 0.6) is 0 Å². The maximum absolute atomic E-state index is 12.3. The van der Waals surface area contributed by atoms with Crippen molar-refractivity contribution < 1.29 is 4.79 Å². The lowest BCUT2D eigenvalue weighted by Crippen LogP contribution is -2.42. The molecule has 0 saturated heterocycles. The summed E-state index contributed by atoms with van der Waals surface area (Å²) < 4.78 is 0. The van der Waals surface area contributed by atoms with Crippen LogP contribution in [0.4, 0.5) is 0 Å². The van der Waals surface area contributed by atoms with E-state index in [2.05, 4.69) is 33.0 Å².